The van der Waals surface area contributed by atoms with Gasteiger partial charge in [-0.05, 0) is 43.7 Å². The first-order valence-corrected chi connectivity index (χ1v) is 10.9. The lowest BCUT2D eigenvalue weighted by Gasteiger charge is -2.15. The smallest absolute Gasteiger partial charge is 0.257 e. The standard InChI is InChI=1S/C20H18ClFN2O4S/c1-11(13-7-9-14(10-8-13)29(3,26)27)23-20(25)17-12(2)28-24-19(17)18-15(21)5-4-6-16(18)22/h4-11H,1-3H3,(H,23,25)/t11-/m0/s1. The van der Waals surface area contributed by atoms with Crippen LogP contribution in [-0.4, -0.2) is 25.7 Å². The predicted molar refractivity (Wildman–Crippen MR) is 107 cm³/mol. The number of sulfone groups is 1. The number of nitrogens with zero attached hydrogens (tertiary/aromatic N) is 1. The van der Waals surface area contributed by atoms with E-state index in [0.717, 1.165) is 6.26 Å². The Kier molecular flexibility index (Phi) is 5.77. The minimum Gasteiger partial charge on any atom is -0.360 e. The molecule has 0 aliphatic rings. The van der Waals surface area contributed by atoms with Crippen LogP contribution < -0.4 is 5.32 Å². The number of rotatable bonds is 5. The molecule has 0 aliphatic carbocycles. The van der Waals surface area contributed by atoms with Gasteiger partial charge in [0.05, 0.1) is 21.5 Å². The molecule has 3 rings (SSSR count). The summed E-state index contributed by atoms with van der Waals surface area (Å²) in [5, 5.41) is 6.72. The van der Waals surface area contributed by atoms with Gasteiger partial charge in [-0.25, -0.2) is 12.8 Å². The summed E-state index contributed by atoms with van der Waals surface area (Å²) in [5.74, 6) is -0.918. The van der Waals surface area contributed by atoms with Crippen molar-refractivity contribution in [3.63, 3.8) is 0 Å². The number of aromatic nitrogens is 1. The van der Waals surface area contributed by atoms with Gasteiger partial charge in [0.25, 0.3) is 5.91 Å². The van der Waals surface area contributed by atoms with E-state index in [4.69, 9.17) is 16.1 Å². The molecule has 3 aromatic rings. The molecule has 0 saturated carbocycles. The molecule has 1 amide bonds. The number of nitrogens with one attached hydrogen (secondary N) is 1. The van der Waals surface area contributed by atoms with E-state index in [1.807, 2.05) is 0 Å². The van der Waals surface area contributed by atoms with Gasteiger partial charge in [0.15, 0.2) is 9.84 Å². The Labute approximate surface area is 172 Å². The Hall–Kier alpha value is -2.71. The van der Waals surface area contributed by atoms with Crippen LogP contribution in [0.3, 0.4) is 0 Å². The van der Waals surface area contributed by atoms with Crippen LogP contribution >= 0.6 is 11.6 Å². The van der Waals surface area contributed by atoms with Crippen LogP contribution in [0.5, 0.6) is 0 Å². The third kappa shape index (κ3) is 4.33. The Bertz CT molecular complexity index is 1150. The van der Waals surface area contributed by atoms with Crippen LogP contribution in [-0.2, 0) is 9.84 Å². The van der Waals surface area contributed by atoms with Gasteiger partial charge < -0.3 is 9.84 Å². The molecule has 1 heterocycles. The van der Waals surface area contributed by atoms with Crippen molar-refractivity contribution in [3.8, 4) is 11.3 Å². The molecule has 6 nitrogen and oxygen atoms in total. The van der Waals surface area contributed by atoms with Gasteiger partial charge in [0.2, 0.25) is 0 Å². The first-order valence-electron chi connectivity index (χ1n) is 8.61. The highest BCUT2D eigenvalue weighted by molar-refractivity contribution is 7.90. The zero-order valence-corrected chi connectivity index (χ0v) is 17.4. The number of carbonyl (C=O) groups is 1. The van der Waals surface area contributed by atoms with Gasteiger partial charge in [0.1, 0.15) is 22.8 Å². The van der Waals surface area contributed by atoms with Gasteiger partial charge in [-0.15, -0.1) is 0 Å². The van der Waals surface area contributed by atoms with E-state index >= 15 is 0 Å². The highest BCUT2D eigenvalue weighted by atomic mass is 35.5. The number of hydrogen-bond donors (Lipinski definition) is 1. The molecule has 0 radical (unpaired) electrons. The molecule has 0 fully saturated rings. The van der Waals surface area contributed by atoms with E-state index in [9.17, 15) is 17.6 Å². The fourth-order valence-electron chi connectivity index (χ4n) is 2.89. The molecule has 0 spiro atoms. The summed E-state index contributed by atoms with van der Waals surface area (Å²) in [5.41, 5.74) is 0.783. The van der Waals surface area contributed by atoms with Crippen LogP contribution in [0.15, 0.2) is 51.9 Å². The van der Waals surface area contributed by atoms with Crippen LogP contribution in [0.1, 0.15) is 34.6 Å². The summed E-state index contributed by atoms with van der Waals surface area (Å²) in [7, 11) is -3.31. The fraction of sp³-hybridized carbons (Fsp3) is 0.200. The molecular formula is C20H18ClFN2O4S. The van der Waals surface area contributed by atoms with Crippen molar-refractivity contribution >= 4 is 27.3 Å². The molecule has 0 unspecified atom stereocenters. The number of halogens is 2. The first kappa shape index (κ1) is 21.0. The molecule has 1 atom stereocenters. The molecule has 1 aromatic heterocycles. The molecule has 1 N–H and O–H groups in total. The van der Waals surface area contributed by atoms with E-state index in [-0.39, 0.29) is 32.5 Å². The minimum absolute atomic E-state index is 0.0127. The lowest BCUT2D eigenvalue weighted by molar-refractivity contribution is 0.0939. The second-order valence-corrected chi connectivity index (χ2v) is 9.02. The maximum absolute atomic E-state index is 14.3. The van der Waals surface area contributed by atoms with E-state index < -0.39 is 27.6 Å². The largest absolute Gasteiger partial charge is 0.360 e. The van der Waals surface area contributed by atoms with E-state index in [1.54, 1.807) is 26.0 Å². The van der Waals surface area contributed by atoms with Crippen LogP contribution in [0.4, 0.5) is 4.39 Å². The molecule has 2 aromatic carbocycles. The Morgan fingerprint density at radius 1 is 1.21 bits per heavy atom. The average molecular weight is 437 g/mol. The summed E-state index contributed by atoms with van der Waals surface area (Å²) < 4.78 is 42.6. The van der Waals surface area contributed by atoms with Crippen molar-refractivity contribution in [2.75, 3.05) is 6.26 Å². The first-order chi connectivity index (χ1) is 13.6. The second kappa shape index (κ2) is 7.96. The van der Waals surface area contributed by atoms with Gasteiger partial charge in [-0.3, -0.25) is 4.79 Å². The number of amides is 1. The lowest BCUT2D eigenvalue weighted by Crippen LogP contribution is -2.27. The molecule has 152 valence electrons. The van der Waals surface area contributed by atoms with Crippen molar-refractivity contribution in [2.45, 2.75) is 24.8 Å². The summed E-state index contributed by atoms with van der Waals surface area (Å²) in [6, 6.07) is 9.92. The van der Waals surface area contributed by atoms with Crippen molar-refractivity contribution < 1.29 is 22.1 Å². The van der Waals surface area contributed by atoms with Crippen molar-refractivity contribution in [1.29, 1.82) is 0 Å². The highest BCUT2D eigenvalue weighted by Gasteiger charge is 2.26. The van der Waals surface area contributed by atoms with Gasteiger partial charge in [0, 0.05) is 6.26 Å². The van der Waals surface area contributed by atoms with Crippen LogP contribution in [0.2, 0.25) is 5.02 Å². The normalized spacial score (nSPS) is 12.6. The summed E-state index contributed by atoms with van der Waals surface area (Å²) >= 11 is 6.10. The lowest BCUT2D eigenvalue weighted by atomic mass is 10.0. The van der Waals surface area contributed by atoms with Gasteiger partial charge in [-0.2, -0.15) is 0 Å². The third-order valence-corrected chi connectivity index (χ3v) is 5.89. The summed E-state index contributed by atoms with van der Waals surface area (Å²) in [6.07, 6.45) is 1.12. The van der Waals surface area contributed by atoms with E-state index in [2.05, 4.69) is 10.5 Å². The van der Waals surface area contributed by atoms with Gasteiger partial charge >= 0.3 is 0 Å². The number of benzene rings is 2. The zero-order valence-electron chi connectivity index (χ0n) is 15.9. The monoisotopic (exact) mass is 436 g/mol. The topological polar surface area (TPSA) is 89.3 Å². The van der Waals surface area contributed by atoms with Gasteiger partial charge in [-0.1, -0.05) is 35.0 Å². The third-order valence-electron chi connectivity index (χ3n) is 4.45. The predicted octanol–water partition coefficient (Wildman–Crippen LogP) is 4.34. The SMILES string of the molecule is Cc1onc(-c2c(F)cccc2Cl)c1C(=O)N[C@@H](C)c1ccc(S(C)(=O)=O)cc1. The molecular weight excluding hydrogens is 419 g/mol. The molecule has 29 heavy (non-hydrogen) atoms. The molecule has 0 saturated heterocycles. The van der Waals surface area contributed by atoms with E-state index in [0.29, 0.717) is 5.56 Å². The Balaban J connectivity index is 1.89. The van der Waals surface area contributed by atoms with E-state index in [1.165, 1.54) is 30.3 Å². The minimum atomic E-state index is -3.31. The van der Waals surface area contributed by atoms with Crippen molar-refractivity contribution in [3.05, 3.63) is 70.2 Å². The number of hydrogen-bond acceptors (Lipinski definition) is 5. The fourth-order valence-corrected chi connectivity index (χ4v) is 3.77. The number of aryl methyl sites for hydroxylation is 1. The number of carbonyl (C=O) groups excluding carboxylic acids is 1. The second-order valence-electron chi connectivity index (χ2n) is 6.60. The average Bonchev–Trinajstić information content (AvgIpc) is 3.02. The molecule has 0 aliphatic heterocycles. The van der Waals surface area contributed by atoms with Crippen molar-refractivity contribution in [1.82, 2.24) is 10.5 Å². The summed E-state index contributed by atoms with van der Waals surface area (Å²) in [4.78, 5) is 13.1. The Morgan fingerprint density at radius 2 is 1.86 bits per heavy atom. The molecule has 9 heteroatoms. The van der Waals surface area contributed by atoms with Crippen LogP contribution in [0.25, 0.3) is 11.3 Å². The zero-order chi connectivity index (χ0) is 21.3. The van der Waals surface area contributed by atoms with Crippen molar-refractivity contribution in [2.24, 2.45) is 0 Å². The maximum Gasteiger partial charge on any atom is 0.257 e. The highest BCUT2D eigenvalue weighted by Crippen LogP contribution is 2.33. The summed E-state index contributed by atoms with van der Waals surface area (Å²) in [6.45, 7) is 3.29. The van der Waals surface area contributed by atoms with Crippen LogP contribution in [0, 0.1) is 12.7 Å². The Morgan fingerprint density at radius 3 is 2.45 bits per heavy atom. The molecule has 0 bridgehead atoms. The maximum atomic E-state index is 14.3. The quantitative estimate of drug-likeness (QED) is 0.642.